The van der Waals surface area contributed by atoms with Crippen molar-refractivity contribution in [3.05, 3.63) is 29.8 Å². The number of aliphatic hydroxyl groups is 1. The van der Waals surface area contributed by atoms with Crippen molar-refractivity contribution in [2.24, 2.45) is 0 Å². The summed E-state index contributed by atoms with van der Waals surface area (Å²) in [6.45, 7) is 2.63. The molecule has 70 valence electrons. The minimum Gasteiger partial charge on any atom is -0.392 e. The monoisotopic (exact) mass is 192 g/mol. The lowest BCUT2D eigenvalue weighted by molar-refractivity contribution is 0.282. The van der Waals surface area contributed by atoms with E-state index < -0.39 is 8.07 Å². The van der Waals surface area contributed by atoms with E-state index in [4.69, 9.17) is 5.11 Å². The number of hydrogen-bond acceptors (Lipinski definition) is 1. The third kappa shape index (κ3) is 1.56. The minimum absolute atomic E-state index is 0.165. The molecule has 1 aliphatic rings. The standard InChI is InChI=1S/C11H16OSi/c1-13(7-2-8-13)11-5-3-10(9-12)4-6-11/h3-6,12H,2,7-9H2,1H3. The molecule has 1 fully saturated rings. The Hall–Kier alpha value is -0.603. The summed E-state index contributed by atoms with van der Waals surface area (Å²) in [5.41, 5.74) is 1.03. The normalized spacial score (nSPS) is 19.5. The van der Waals surface area contributed by atoms with Gasteiger partial charge in [-0.25, -0.2) is 0 Å². The molecule has 13 heavy (non-hydrogen) atoms. The van der Waals surface area contributed by atoms with Crippen molar-refractivity contribution < 1.29 is 5.11 Å². The van der Waals surface area contributed by atoms with Gasteiger partial charge in [0.1, 0.15) is 0 Å². The van der Waals surface area contributed by atoms with Crippen LogP contribution in [0, 0.1) is 0 Å². The molecular weight excluding hydrogens is 176 g/mol. The van der Waals surface area contributed by atoms with Crippen LogP contribution >= 0.6 is 0 Å². The first-order valence-electron chi connectivity index (χ1n) is 4.95. The van der Waals surface area contributed by atoms with Crippen molar-refractivity contribution >= 4 is 13.3 Å². The van der Waals surface area contributed by atoms with Gasteiger partial charge in [0.2, 0.25) is 0 Å². The van der Waals surface area contributed by atoms with Crippen LogP contribution in [0.3, 0.4) is 0 Å². The summed E-state index contributed by atoms with van der Waals surface area (Å²) in [6.07, 6.45) is 1.42. The summed E-state index contributed by atoms with van der Waals surface area (Å²) < 4.78 is 0. The van der Waals surface area contributed by atoms with Crippen molar-refractivity contribution in [2.75, 3.05) is 0 Å². The fourth-order valence-corrected chi connectivity index (χ4v) is 4.97. The summed E-state index contributed by atoms with van der Waals surface area (Å²) in [7, 11) is -0.990. The Morgan fingerprint density at radius 2 is 1.85 bits per heavy atom. The van der Waals surface area contributed by atoms with Gasteiger partial charge in [0.25, 0.3) is 0 Å². The molecule has 0 bridgehead atoms. The molecule has 1 aliphatic heterocycles. The van der Waals surface area contributed by atoms with E-state index in [0.29, 0.717) is 0 Å². The lowest BCUT2D eigenvalue weighted by Gasteiger charge is -2.36. The van der Waals surface area contributed by atoms with Crippen molar-refractivity contribution in [3.63, 3.8) is 0 Å². The molecule has 0 unspecified atom stereocenters. The summed E-state index contributed by atoms with van der Waals surface area (Å²) in [6, 6.07) is 11.5. The van der Waals surface area contributed by atoms with Crippen LogP contribution in [-0.2, 0) is 6.61 Å². The second-order valence-electron chi connectivity index (χ2n) is 4.27. The molecule has 0 aliphatic carbocycles. The average molecular weight is 192 g/mol. The summed E-state index contributed by atoms with van der Waals surface area (Å²) in [5, 5.41) is 10.5. The number of rotatable bonds is 2. The van der Waals surface area contributed by atoms with Gasteiger partial charge in [0.15, 0.2) is 0 Å². The fraction of sp³-hybridized carbons (Fsp3) is 0.455. The van der Waals surface area contributed by atoms with Gasteiger partial charge < -0.3 is 5.11 Å². The molecule has 1 nitrogen and oxygen atoms in total. The first-order valence-corrected chi connectivity index (χ1v) is 7.86. The predicted molar refractivity (Wildman–Crippen MR) is 57.8 cm³/mol. The molecule has 0 amide bonds. The van der Waals surface area contributed by atoms with E-state index in [0.717, 1.165) is 5.56 Å². The highest BCUT2D eigenvalue weighted by atomic mass is 28.3. The van der Waals surface area contributed by atoms with Crippen molar-refractivity contribution in [2.45, 2.75) is 31.7 Å². The van der Waals surface area contributed by atoms with Crippen LogP contribution < -0.4 is 5.19 Å². The number of aliphatic hydroxyl groups excluding tert-OH is 1. The lowest BCUT2D eigenvalue weighted by atomic mass is 10.2. The van der Waals surface area contributed by atoms with Crippen LogP contribution in [0.1, 0.15) is 12.0 Å². The zero-order valence-corrected chi connectivity index (χ0v) is 9.09. The van der Waals surface area contributed by atoms with E-state index in [1.54, 1.807) is 5.19 Å². The van der Waals surface area contributed by atoms with Gasteiger partial charge in [-0.2, -0.15) is 0 Å². The molecule has 0 spiro atoms. The second-order valence-corrected chi connectivity index (χ2v) is 8.97. The summed E-state index contributed by atoms with van der Waals surface area (Å²) in [4.78, 5) is 0. The Kier molecular flexibility index (Phi) is 2.26. The Morgan fingerprint density at radius 3 is 2.23 bits per heavy atom. The second kappa shape index (κ2) is 3.27. The molecule has 0 saturated carbocycles. The topological polar surface area (TPSA) is 20.2 Å². The van der Waals surface area contributed by atoms with Crippen LogP contribution in [0.2, 0.25) is 18.6 Å². The van der Waals surface area contributed by atoms with E-state index in [9.17, 15) is 0 Å². The van der Waals surface area contributed by atoms with Gasteiger partial charge in [-0.1, -0.05) is 54.5 Å². The molecule has 2 heteroatoms. The molecule has 1 heterocycles. The molecule has 1 saturated heterocycles. The van der Waals surface area contributed by atoms with Gasteiger partial charge in [0.05, 0.1) is 14.7 Å². The fourth-order valence-electron chi connectivity index (χ4n) is 2.01. The van der Waals surface area contributed by atoms with Gasteiger partial charge >= 0.3 is 0 Å². The van der Waals surface area contributed by atoms with Crippen LogP contribution in [0.4, 0.5) is 0 Å². The highest BCUT2D eigenvalue weighted by Gasteiger charge is 2.35. The van der Waals surface area contributed by atoms with Gasteiger partial charge in [-0.05, 0) is 5.56 Å². The molecule has 1 N–H and O–H groups in total. The number of hydrogen-bond donors (Lipinski definition) is 1. The lowest BCUT2D eigenvalue weighted by Crippen LogP contribution is -2.50. The minimum atomic E-state index is -0.990. The Balaban J connectivity index is 2.22. The van der Waals surface area contributed by atoms with E-state index in [1.807, 2.05) is 0 Å². The van der Waals surface area contributed by atoms with Gasteiger partial charge in [-0.15, -0.1) is 0 Å². The van der Waals surface area contributed by atoms with Crippen molar-refractivity contribution in [1.29, 1.82) is 0 Å². The van der Waals surface area contributed by atoms with Crippen molar-refractivity contribution in [1.82, 2.24) is 0 Å². The Morgan fingerprint density at radius 1 is 1.23 bits per heavy atom. The highest BCUT2D eigenvalue weighted by Crippen LogP contribution is 2.31. The van der Waals surface area contributed by atoms with Crippen LogP contribution in [0.25, 0.3) is 0 Å². The van der Waals surface area contributed by atoms with E-state index >= 15 is 0 Å². The first kappa shape index (κ1) is 8.97. The predicted octanol–water partition coefficient (Wildman–Crippen LogP) is 1.87. The zero-order chi connectivity index (χ0) is 9.31. The molecule has 0 aromatic heterocycles. The van der Waals surface area contributed by atoms with Crippen molar-refractivity contribution in [3.8, 4) is 0 Å². The van der Waals surface area contributed by atoms with Crippen LogP contribution in [-0.4, -0.2) is 13.2 Å². The van der Waals surface area contributed by atoms with E-state index in [-0.39, 0.29) is 6.61 Å². The molecule has 0 radical (unpaired) electrons. The maximum absolute atomic E-state index is 8.91. The smallest absolute Gasteiger partial charge is 0.0836 e. The highest BCUT2D eigenvalue weighted by molar-refractivity contribution is 6.92. The molecular formula is C11H16OSi. The average Bonchev–Trinajstić information content (AvgIpc) is 2.14. The molecule has 1 aromatic carbocycles. The third-order valence-corrected chi connectivity index (χ3v) is 7.93. The van der Waals surface area contributed by atoms with Crippen LogP contribution in [0.5, 0.6) is 0 Å². The summed E-state index contributed by atoms with van der Waals surface area (Å²) >= 11 is 0. The number of benzene rings is 1. The molecule has 2 rings (SSSR count). The third-order valence-electron chi connectivity index (χ3n) is 3.29. The maximum Gasteiger partial charge on any atom is 0.0836 e. The molecule has 1 aromatic rings. The van der Waals surface area contributed by atoms with E-state index in [1.165, 1.54) is 18.5 Å². The zero-order valence-electron chi connectivity index (χ0n) is 8.09. The summed E-state index contributed by atoms with van der Waals surface area (Å²) in [5.74, 6) is 0. The quantitative estimate of drug-likeness (QED) is 0.709. The van der Waals surface area contributed by atoms with E-state index in [2.05, 4.69) is 30.8 Å². The Labute approximate surface area is 80.4 Å². The largest absolute Gasteiger partial charge is 0.392 e. The Bertz CT molecular complexity index is 287. The first-order chi connectivity index (χ1) is 6.24. The van der Waals surface area contributed by atoms with Gasteiger partial charge in [0, 0.05) is 0 Å². The van der Waals surface area contributed by atoms with Crippen LogP contribution in [0.15, 0.2) is 24.3 Å². The maximum atomic E-state index is 8.91. The molecule has 0 atom stereocenters. The SMILES string of the molecule is C[Si]1(c2ccc(CO)cc2)CCC1. The van der Waals surface area contributed by atoms with Gasteiger partial charge in [-0.3, -0.25) is 0 Å².